The molecule has 304 valence electrons. The second-order valence-electron chi connectivity index (χ2n) is 15.2. The number of benzene rings is 4. The number of esters is 1. The van der Waals surface area contributed by atoms with Gasteiger partial charge in [0.15, 0.2) is 18.7 Å². The lowest BCUT2D eigenvalue weighted by Crippen LogP contribution is -2.85. The van der Waals surface area contributed by atoms with E-state index in [0.29, 0.717) is 0 Å². The zero-order valence-electron chi connectivity index (χ0n) is 32.6. The van der Waals surface area contributed by atoms with Crippen molar-refractivity contribution < 1.29 is 57.6 Å². The molecule has 2 N–H and O–H groups in total. The van der Waals surface area contributed by atoms with E-state index in [1.807, 2.05) is 91.0 Å². The summed E-state index contributed by atoms with van der Waals surface area (Å²) in [5.41, 5.74) is 0.224. The Morgan fingerprint density at radius 1 is 0.649 bits per heavy atom. The summed E-state index contributed by atoms with van der Waals surface area (Å²) in [5.74, 6) is -0.678. The molecule has 1 saturated carbocycles. The van der Waals surface area contributed by atoms with Gasteiger partial charge < -0.3 is 52.8 Å². The predicted molar refractivity (Wildman–Crippen MR) is 207 cm³/mol. The monoisotopic (exact) mass is 784 g/mol. The van der Waals surface area contributed by atoms with Crippen LogP contribution >= 0.6 is 0 Å². The molecular formula is C45H52O12. The summed E-state index contributed by atoms with van der Waals surface area (Å²) in [6.45, 7) is 4.13. The number of hydrogen-bond acceptors (Lipinski definition) is 12. The van der Waals surface area contributed by atoms with Crippen molar-refractivity contribution >= 4 is 5.97 Å². The first kappa shape index (κ1) is 41.1. The highest BCUT2D eigenvalue weighted by Crippen LogP contribution is 2.57. The molecule has 11 atom stereocenters. The summed E-state index contributed by atoms with van der Waals surface area (Å²) in [6.07, 6.45) is -10.6. The molecule has 0 spiro atoms. The molecule has 0 radical (unpaired) electrons. The molecule has 0 aromatic heterocycles. The van der Waals surface area contributed by atoms with Gasteiger partial charge in [-0.1, -0.05) is 123 Å². The molecular weight excluding hydrogens is 732 g/mol. The number of aliphatic hydroxyl groups is 2. The van der Waals surface area contributed by atoms with Gasteiger partial charge in [-0.05, 0) is 28.8 Å². The van der Waals surface area contributed by atoms with Crippen LogP contribution in [0.25, 0.3) is 0 Å². The van der Waals surface area contributed by atoms with Gasteiger partial charge in [-0.2, -0.15) is 0 Å². The highest BCUT2D eigenvalue weighted by Gasteiger charge is 2.76. The fourth-order valence-corrected chi connectivity index (χ4v) is 8.04. The van der Waals surface area contributed by atoms with Crippen molar-refractivity contribution in [3.63, 3.8) is 0 Å². The first-order valence-electron chi connectivity index (χ1n) is 19.3. The maximum Gasteiger partial charge on any atom is 0.338 e. The largest absolute Gasteiger partial charge is 0.450 e. The van der Waals surface area contributed by atoms with Crippen molar-refractivity contribution in [1.29, 1.82) is 0 Å². The average molecular weight is 785 g/mol. The van der Waals surface area contributed by atoms with Gasteiger partial charge >= 0.3 is 5.97 Å². The van der Waals surface area contributed by atoms with Crippen LogP contribution in [0.3, 0.4) is 0 Å². The number of methoxy groups -OCH3 is 2. The third-order valence-electron chi connectivity index (χ3n) is 11.4. The molecule has 1 aliphatic carbocycles. The van der Waals surface area contributed by atoms with Crippen LogP contribution in [0.5, 0.6) is 0 Å². The molecule has 2 aliphatic heterocycles. The molecule has 0 amide bonds. The van der Waals surface area contributed by atoms with E-state index in [1.54, 1.807) is 44.2 Å². The summed E-state index contributed by atoms with van der Waals surface area (Å²) in [5, 5.41) is 23.6. The van der Waals surface area contributed by atoms with Crippen LogP contribution in [-0.4, -0.2) is 104 Å². The van der Waals surface area contributed by atoms with Gasteiger partial charge in [0.2, 0.25) is 0 Å². The zero-order valence-corrected chi connectivity index (χ0v) is 32.6. The van der Waals surface area contributed by atoms with Gasteiger partial charge in [-0.25, -0.2) is 4.79 Å². The SMILES string of the molecule is CO[C@H]1O[C@H](COCc2ccccc2)[C@@H](O[C@@H]2O[C@H]3C(O)C(C)(C)[C@]3(O)[C@H](OC)[C@H]2OC(=O)c2ccccc2)[C@H](OCc2ccccc2)[C@H]1OCc1ccccc1. The van der Waals surface area contributed by atoms with Crippen LogP contribution in [0.15, 0.2) is 121 Å². The summed E-state index contributed by atoms with van der Waals surface area (Å²) in [6, 6.07) is 37.6. The third kappa shape index (κ3) is 8.57. The minimum Gasteiger partial charge on any atom is -0.450 e. The Kier molecular flexibility index (Phi) is 13.2. The molecule has 2 saturated heterocycles. The van der Waals surface area contributed by atoms with Gasteiger partial charge in [-0.3, -0.25) is 0 Å². The fourth-order valence-electron chi connectivity index (χ4n) is 8.04. The molecule has 0 bridgehead atoms. The van der Waals surface area contributed by atoms with Gasteiger partial charge in [0.1, 0.15) is 42.2 Å². The van der Waals surface area contributed by atoms with E-state index in [4.69, 9.17) is 42.6 Å². The third-order valence-corrected chi connectivity index (χ3v) is 11.4. The first-order chi connectivity index (χ1) is 27.6. The molecule has 1 unspecified atom stereocenters. The summed E-state index contributed by atoms with van der Waals surface area (Å²) in [7, 11) is 2.95. The quantitative estimate of drug-likeness (QED) is 0.144. The number of aliphatic hydroxyl groups excluding tert-OH is 1. The molecule has 12 heteroatoms. The fraction of sp³-hybridized carbons (Fsp3) is 0.444. The smallest absolute Gasteiger partial charge is 0.338 e. The Balaban J connectivity index is 1.26. The summed E-state index contributed by atoms with van der Waals surface area (Å²) < 4.78 is 57.7. The van der Waals surface area contributed by atoms with E-state index in [1.165, 1.54) is 14.2 Å². The Labute approximate surface area is 333 Å². The van der Waals surface area contributed by atoms with Crippen LogP contribution in [0.2, 0.25) is 0 Å². The number of carbonyl (C=O) groups excluding carboxylic acids is 1. The highest BCUT2D eigenvalue weighted by atomic mass is 16.8. The van der Waals surface area contributed by atoms with E-state index >= 15 is 0 Å². The molecule has 12 nitrogen and oxygen atoms in total. The Hall–Kier alpha value is -4.05. The van der Waals surface area contributed by atoms with Crippen molar-refractivity contribution in [3.8, 4) is 0 Å². The lowest BCUT2D eigenvalue weighted by Gasteiger charge is -2.67. The standard InChI is InChI=1S/C45H52O12/c1-44(2)38(46)40-45(44,48)39(49-3)37(55-41(47)32-23-15-8-16-24-32)43(57-40)56-34-33(28-51-25-29-17-9-5-10-18-29)54-42(50-4)36(53-27-31-21-13-7-14-22-31)35(34)52-26-30-19-11-6-12-20-30/h5-24,33-40,42-43,46,48H,25-28H2,1-4H3/t33-,34-,35+,36-,37-,38?,39-,40+,42+,43-,45+/m1/s1. The maximum absolute atomic E-state index is 13.7. The average Bonchev–Trinajstić information content (AvgIpc) is 3.24. The van der Waals surface area contributed by atoms with E-state index in [9.17, 15) is 15.0 Å². The van der Waals surface area contributed by atoms with Crippen molar-refractivity contribution in [1.82, 2.24) is 0 Å². The van der Waals surface area contributed by atoms with E-state index in [-0.39, 0.29) is 32.0 Å². The number of rotatable bonds is 16. The first-order valence-corrected chi connectivity index (χ1v) is 19.3. The van der Waals surface area contributed by atoms with Gasteiger partial charge in [0.05, 0.1) is 38.1 Å². The minimum atomic E-state index is -1.75. The zero-order chi connectivity index (χ0) is 40.0. The Bertz CT molecular complexity index is 1850. The molecule has 3 fully saturated rings. The number of carbonyl (C=O) groups is 1. The van der Waals surface area contributed by atoms with Gasteiger partial charge in [-0.15, -0.1) is 0 Å². The topological polar surface area (TPSA) is 141 Å². The second kappa shape index (κ2) is 18.3. The van der Waals surface area contributed by atoms with Crippen molar-refractivity contribution in [2.45, 2.75) is 101 Å². The predicted octanol–water partition coefficient (Wildman–Crippen LogP) is 5.23. The molecule has 2 heterocycles. The van der Waals surface area contributed by atoms with Gasteiger partial charge in [0.25, 0.3) is 0 Å². The van der Waals surface area contributed by atoms with E-state index in [2.05, 4.69) is 0 Å². The molecule has 3 aliphatic rings. The molecule has 4 aromatic rings. The second-order valence-corrected chi connectivity index (χ2v) is 15.2. The van der Waals surface area contributed by atoms with Crippen LogP contribution in [0, 0.1) is 5.41 Å². The van der Waals surface area contributed by atoms with Crippen LogP contribution in [-0.2, 0) is 62.5 Å². The Morgan fingerprint density at radius 3 is 1.72 bits per heavy atom. The lowest BCUT2D eigenvalue weighted by molar-refractivity contribution is -0.435. The van der Waals surface area contributed by atoms with Crippen LogP contribution in [0.4, 0.5) is 0 Å². The van der Waals surface area contributed by atoms with Crippen molar-refractivity contribution in [2.24, 2.45) is 5.41 Å². The molecule has 7 rings (SSSR count). The van der Waals surface area contributed by atoms with Crippen LogP contribution in [0.1, 0.15) is 40.9 Å². The van der Waals surface area contributed by atoms with E-state index in [0.717, 1.165) is 16.7 Å². The minimum absolute atomic E-state index is 0.0357. The van der Waals surface area contributed by atoms with Crippen molar-refractivity contribution in [3.05, 3.63) is 144 Å². The lowest BCUT2D eigenvalue weighted by atomic mass is 9.50. The summed E-state index contributed by atoms with van der Waals surface area (Å²) >= 11 is 0. The molecule has 57 heavy (non-hydrogen) atoms. The normalized spacial score (nSPS) is 31.8. The summed E-state index contributed by atoms with van der Waals surface area (Å²) in [4.78, 5) is 13.7. The van der Waals surface area contributed by atoms with Crippen LogP contribution < -0.4 is 0 Å². The van der Waals surface area contributed by atoms with Crippen molar-refractivity contribution in [2.75, 3.05) is 20.8 Å². The van der Waals surface area contributed by atoms with E-state index < -0.39 is 78.4 Å². The number of fused-ring (bicyclic) bond motifs is 1. The number of hydrogen-bond donors (Lipinski definition) is 2. The highest BCUT2D eigenvalue weighted by molar-refractivity contribution is 5.89. The number of ether oxygens (including phenoxy) is 9. The maximum atomic E-state index is 13.7. The van der Waals surface area contributed by atoms with Gasteiger partial charge in [0, 0.05) is 19.6 Å². The Morgan fingerprint density at radius 2 is 1.18 bits per heavy atom. The molecule has 4 aromatic carbocycles.